The Morgan fingerprint density at radius 2 is 1.65 bits per heavy atom. The van der Waals surface area contributed by atoms with E-state index in [1.807, 2.05) is 0 Å². The van der Waals surface area contributed by atoms with Crippen LogP contribution in [0.1, 0.15) is 5.56 Å². The number of hydrogen-bond donors (Lipinski definition) is 2. The van der Waals surface area contributed by atoms with Crippen molar-refractivity contribution in [2.24, 2.45) is 5.73 Å². The minimum absolute atomic E-state index is 0.0599. The first kappa shape index (κ1) is 14.9. The number of ether oxygens (including phenoxy) is 1. The van der Waals surface area contributed by atoms with E-state index in [1.54, 1.807) is 0 Å². The fraction of sp³-hybridized carbons (Fsp3) is 0. The van der Waals surface area contributed by atoms with Gasteiger partial charge in [0.05, 0.1) is 15.1 Å². The van der Waals surface area contributed by atoms with Crippen LogP contribution in [0.25, 0.3) is 0 Å². The lowest BCUT2D eigenvalue weighted by atomic mass is 10.2. The summed E-state index contributed by atoms with van der Waals surface area (Å²) in [7, 11) is 0. The maximum atomic E-state index is 13.8. The van der Waals surface area contributed by atoms with Gasteiger partial charge in [0.25, 0.3) is 0 Å². The van der Waals surface area contributed by atoms with Crippen LogP contribution in [0.2, 0.25) is 15.1 Å². The van der Waals surface area contributed by atoms with E-state index in [1.165, 1.54) is 24.3 Å². The third-order valence-electron chi connectivity index (χ3n) is 2.44. The fourth-order valence-corrected chi connectivity index (χ4v) is 2.03. The molecule has 0 radical (unpaired) electrons. The second kappa shape index (κ2) is 5.87. The minimum atomic E-state index is -0.667. The molecule has 0 bridgehead atoms. The Bertz CT molecular complexity index is 692. The van der Waals surface area contributed by atoms with Crippen molar-refractivity contribution in [3.63, 3.8) is 0 Å². The van der Waals surface area contributed by atoms with Gasteiger partial charge in [-0.3, -0.25) is 5.41 Å². The molecule has 0 unspecified atom stereocenters. The predicted octanol–water partition coefficient (Wildman–Crippen LogP) is 4.86. The molecule has 0 aromatic heterocycles. The monoisotopic (exact) mass is 332 g/mol. The second-order valence-corrected chi connectivity index (χ2v) is 5.08. The van der Waals surface area contributed by atoms with Crippen LogP contribution in [0.15, 0.2) is 30.3 Å². The van der Waals surface area contributed by atoms with E-state index in [-0.39, 0.29) is 38.0 Å². The van der Waals surface area contributed by atoms with E-state index in [0.29, 0.717) is 0 Å². The summed E-state index contributed by atoms with van der Waals surface area (Å²) in [6.07, 6.45) is 0. The number of hydrogen-bond acceptors (Lipinski definition) is 2. The molecule has 3 nitrogen and oxygen atoms in total. The van der Waals surface area contributed by atoms with E-state index in [4.69, 9.17) is 50.7 Å². The summed E-state index contributed by atoms with van der Waals surface area (Å²) in [5.74, 6) is -0.784. The highest BCUT2D eigenvalue weighted by Crippen LogP contribution is 2.37. The predicted molar refractivity (Wildman–Crippen MR) is 79.0 cm³/mol. The number of halogens is 4. The molecule has 0 aliphatic rings. The average Bonchev–Trinajstić information content (AvgIpc) is 2.37. The van der Waals surface area contributed by atoms with E-state index >= 15 is 0 Å². The topological polar surface area (TPSA) is 59.1 Å². The number of nitrogen functional groups attached to an aromatic ring is 1. The lowest BCUT2D eigenvalue weighted by Gasteiger charge is -2.10. The SMILES string of the molecule is N=C(N)c1ccc(Oc2cc(Cl)c(Cl)cc2Cl)c(F)c1. The molecule has 2 aromatic carbocycles. The highest BCUT2D eigenvalue weighted by molar-refractivity contribution is 6.43. The van der Waals surface area contributed by atoms with Gasteiger partial charge in [-0.05, 0) is 24.3 Å². The maximum absolute atomic E-state index is 13.8. The minimum Gasteiger partial charge on any atom is -0.453 e. The van der Waals surface area contributed by atoms with Gasteiger partial charge in [-0.2, -0.15) is 0 Å². The molecule has 0 atom stereocenters. The Kier molecular flexibility index (Phi) is 4.38. The van der Waals surface area contributed by atoms with Crippen molar-refractivity contribution >= 4 is 40.6 Å². The van der Waals surface area contributed by atoms with Crippen molar-refractivity contribution in [2.75, 3.05) is 0 Å². The Balaban J connectivity index is 2.35. The van der Waals surface area contributed by atoms with Crippen LogP contribution in [0, 0.1) is 11.2 Å². The summed E-state index contributed by atoms with van der Waals surface area (Å²) in [4.78, 5) is 0. The number of rotatable bonds is 3. The molecule has 0 amide bonds. The number of benzene rings is 2. The summed E-state index contributed by atoms with van der Waals surface area (Å²) >= 11 is 17.6. The van der Waals surface area contributed by atoms with Crippen LogP contribution >= 0.6 is 34.8 Å². The second-order valence-electron chi connectivity index (χ2n) is 3.86. The standard InChI is InChI=1S/C13H8Cl3FN2O/c14-7-4-9(16)12(5-8(7)15)20-11-2-1-6(13(18)19)3-10(11)17/h1-5H,(H3,18,19). The molecule has 0 saturated heterocycles. The van der Waals surface area contributed by atoms with Crippen LogP contribution in [0.3, 0.4) is 0 Å². The molecule has 0 spiro atoms. The van der Waals surface area contributed by atoms with Crippen molar-refractivity contribution in [3.8, 4) is 11.5 Å². The normalized spacial score (nSPS) is 10.4. The maximum Gasteiger partial charge on any atom is 0.166 e. The highest BCUT2D eigenvalue weighted by atomic mass is 35.5. The summed E-state index contributed by atoms with van der Waals surface area (Å²) in [5, 5.41) is 7.95. The molecule has 7 heteroatoms. The van der Waals surface area contributed by atoms with Gasteiger partial charge in [-0.25, -0.2) is 4.39 Å². The third-order valence-corrected chi connectivity index (χ3v) is 3.46. The fourth-order valence-electron chi connectivity index (χ4n) is 1.45. The van der Waals surface area contributed by atoms with Crippen molar-refractivity contribution in [2.45, 2.75) is 0 Å². The quantitative estimate of drug-likeness (QED) is 0.478. The van der Waals surface area contributed by atoms with E-state index in [0.717, 1.165) is 6.07 Å². The largest absolute Gasteiger partial charge is 0.453 e. The van der Waals surface area contributed by atoms with Gasteiger partial charge < -0.3 is 10.5 Å². The summed E-state index contributed by atoms with van der Waals surface area (Å²) in [6, 6.07) is 6.72. The molecule has 104 valence electrons. The smallest absolute Gasteiger partial charge is 0.166 e. The summed E-state index contributed by atoms with van der Waals surface area (Å²) < 4.78 is 19.2. The molecule has 2 aromatic rings. The van der Waals surface area contributed by atoms with E-state index in [9.17, 15) is 4.39 Å². The molecule has 0 aliphatic heterocycles. The zero-order valence-corrected chi connectivity index (χ0v) is 12.2. The Hall–Kier alpha value is -1.49. The molecule has 0 saturated carbocycles. The van der Waals surface area contributed by atoms with Gasteiger partial charge in [0, 0.05) is 11.6 Å². The van der Waals surface area contributed by atoms with Crippen molar-refractivity contribution in [1.29, 1.82) is 5.41 Å². The molecule has 20 heavy (non-hydrogen) atoms. The number of amidine groups is 1. The molecule has 0 fully saturated rings. The molecule has 0 heterocycles. The van der Waals surface area contributed by atoms with Crippen LogP contribution in [-0.4, -0.2) is 5.84 Å². The number of nitrogens with one attached hydrogen (secondary N) is 1. The molecule has 0 aliphatic carbocycles. The van der Waals surface area contributed by atoms with Gasteiger partial charge in [0.15, 0.2) is 11.6 Å². The van der Waals surface area contributed by atoms with Crippen LogP contribution in [0.5, 0.6) is 11.5 Å². The highest BCUT2D eigenvalue weighted by Gasteiger charge is 2.12. The van der Waals surface area contributed by atoms with Gasteiger partial charge in [0.1, 0.15) is 11.6 Å². The Morgan fingerprint density at radius 3 is 2.25 bits per heavy atom. The Labute approximate surface area is 129 Å². The van der Waals surface area contributed by atoms with Crippen molar-refractivity contribution < 1.29 is 9.13 Å². The van der Waals surface area contributed by atoms with Gasteiger partial charge >= 0.3 is 0 Å². The summed E-state index contributed by atoms with van der Waals surface area (Å²) in [5.41, 5.74) is 5.53. The van der Waals surface area contributed by atoms with E-state index in [2.05, 4.69) is 0 Å². The van der Waals surface area contributed by atoms with Gasteiger partial charge in [-0.1, -0.05) is 34.8 Å². The molecular formula is C13H8Cl3FN2O. The molecule has 2 rings (SSSR count). The van der Waals surface area contributed by atoms with Crippen LogP contribution in [0.4, 0.5) is 4.39 Å². The number of nitrogens with two attached hydrogens (primary N) is 1. The Morgan fingerprint density at radius 1 is 1.00 bits per heavy atom. The average molecular weight is 334 g/mol. The van der Waals surface area contributed by atoms with Crippen molar-refractivity contribution in [1.82, 2.24) is 0 Å². The lowest BCUT2D eigenvalue weighted by Crippen LogP contribution is -2.11. The first-order chi connectivity index (χ1) is 9.38. The van der Waals surface area contributed by atoms with Crippen molar-refractivity contribution in [3.05, 3.63) is 56.8 Å². The first-order valence-electron chi connectivity index (χ1n) is 5.35. The van der Waals surface area contributed by atoms with E-state index < -0.39 is 5.82 Å². The van der Waals surface area contributed by atoms with Gasteiger partial charge in [-0.15, -0.1) is 0 Å². The first-order valence-corrected chi connectivity index (χ1v) is 6.48. The van der Waals surface area contributed by atoms with Crippen LogP contribution < -0.4 is 10.5 Å². The summed E-state index contributed by atoms with van der Waals surface area (Å²) in [6.45, 7) is 0. The third kappa shape index (κ3) is 3.15. The van der Waals surface area contributed by atoms with Gasteiger partial charge in [0.2, 0.25) is 0 Å². The lowest BCUT2D eigenvalue weighted by molar-refractivity contribution is 0.442. The zero-order chi connectivity index (χ0) is 14.9. The van der Waals surface area contributed by atoms with Crippen LogP contribution in [-0.2, 0) is 0 Å². The molecule has 3 N–H and O–H groups in total. The zero-order valence-electron chi connectivity index (χ0n) is 9.88. The molecular weight excluding hydrogens is 326 g/mol.